The highest BCUT2D eigenvalue weighted by molar-refractivity contribution is 6.00. The van der Waals surface area contributed by atoms with E-state index in [-0.39, 0.29) is 5.91 Å². The molecule has 222 valence electrons. The average Bonchev–Trinajstić information content (AvgIpc) is 3.08. The van der Waals surface area contributed by atoms with Crippen LogP contribution in [0.5, 0.6) is 5.88 Å². The summed E-state index contributed by atoms with van der Waals surface area (Å²) in [5.74, 6) is 1.80. The van der Waals surface area contributed by atoms with Gasteiger partial charge in [0.2, 0.25) is 5.88 Å². The second-order valence-electron chi connectivity index (χ2n) is 10.1. The summed E-state index contributed by atoms with van der Waals surface area (Å²) in [4.78, 5) is 40.9. The molecule has 0 radical (unpaired) electrons. The van der Waals surface area contributed by atoms with E-state index in [0.29, 0.717) is 41.9 Å². The molecule has 0 bridgehead atoms. The molecule has 11 heteroatoms. The summed E-state index contributed by atoms with van der Waals surface area (Å²) < 4.78 is 10.8. The summed E-state index contributed by atoms with van der Waals surface area (Å²) in [5, 5.41) is 9.14. The maximum atomic E-state index is 12.6. The van der Waals surface area contributed by atoms with E-state index in [4.69, 9.17) is 19.4 Å². The van der Waals surface area contributed by atoms with Gasteiger partial charge in [-0.15, -0.1) is 0 Å². The monoisotopic (exact) mass is 589 g/mol. The fraction of sp³-hybridized carbons (Fsp3) is 0.182. The van der Waals surface area contributed by atoms with E-state index in [0.717, 1.165) is 46.5 Å². The molecule has 6 rings (SSSR count). The van der Waals surface area contributed by atoms with Gasteiger partial charge in [0.05, 0.1) is 25.8 Å². The quantitative estimate of drug-likeness (QED) is 0.236. The Balaban J connectivity index is 1.25. The number of amides is 3. The molecule has 1 fully saturated rings. The Labute approximate surface area is 254 Å². The van der Waals surface area contributed by atoms with Crippen LogP contribution in [-0.4, -0.2) is 67.4 Å². The molecule has 1 aliphatic heterocycles. The number of carbonyl (C=O) groups excluding carboxylic acids is 2. The van der Waals surface area contributed by atoms with Crippen molar-refractivity contribution in [2.75, 3.05) is 56.0 Å². The third kappa shape index (κ3) is 6.27. The van der Waals surface area contributed by atoms with Crippen molar-refractivity contribution in [3.8, 4) is 28.4 Å². The minimum atomic E-state index is -0.400. The van der Waals surface area contributed by atoms with Gasteiger partial charge >= 0.3 is 6.03 Å². The number of morpholine rings is 1. The molecule has 3 amide bonds. The number of nitrogens with zero attached hydrogens (tertiary/aromatic N) is 4. The van der Waals surface area contributed by atoms with E-state index in [1.807, 2.05) is 36.4 Å². The maximum absolute atomic E-state index is 12.6. The molecular formula is C33H31N7O4. The Morgan fingerprint density at radius 2 is 1.48 bits per heavy atom. The van der Waals surface area contributed by atoms with E-state index in [1.54, 1.807) is 44.6 Å². The largest absolute Gasteiger partial charge is 0.481 e. The van der Waals surface area contributed by atoms with Gasteiger partial charge < -0.3 is 30.3 Å². The van der Waals surface area contributed by atoms with Crippen molar-refractivity contribution in [1.29, 1.82) is 0 Å². The van der Waals surface area contributed by atoms with Crippen LogP contribution in [-0.2, 0) is 4.74 Å². The molecule has 11 nitrogen and oxygen atoms in total. The molecule has 1 aliphatic rings. The molecule has 0 spiro atoms. The van der Waals surface area contributed by atoms with E-state index >= 15 is 0 Å². The number of methoxy groups -OCH3 is 1. The number of pyridine rings is 1. The van der Waals surface area contributed by atoms with Crippen LogP contribution in [0.25, 0.3) is 33.4 Å². The van der Waals surface area contributed by atoms with Crippen molar-refractivity contribution < 1.29 is 19.1 Å². The lowest BCUT2D eigenvalue weighted by Gasteiger charge is -2.29. The maximum Gasteiger partial charge on any atom is 0.323 e. The van der Waals surface area contributed by atoms with Crippen LogP contribution >= 0.6 is 0 Å². The smallest absolute Gasteiger partial charge is 0.323 e. The van der Waals surface area contributed by atoms with Crippen LogP contribution in [0.15, 0.2) is 85.1 Å². The molecule has 44 heavy (non-hydrogen) atoms. The highest BCUT2D eigenvalue weighted by Gasteiger charge is 2.19. The van der Waals surface area contributed by atoms with Gasteiger partial charge in [0, 0.05) is 65.9 Å². The predicted octanol–water partition coefficient (Wildman–Crippen LogP) is 5.21. The Bertz CT molecular complexity index is 1790. The molecule has 0 saturated carbocycles. The Morgan fingerprint density at radius 1 is 0.818 bits per heavy atom. The zero-order chi connectivity index (χ0) is 30.5. The fourth-order valence-electron chi connectivity index (χ4n) is 4.95. The molecular weight excluding hydrogens is 558 g/mol. The van der Waals surface area contributed by atoms with E-state index < -0.39 is 6.03 Å². The molecule has 0 unspecified atom stereocenters. The van der Waals surface area contributed by atoms with Gasteiger partial charge in [-0.05, 0) is 72.3 Å². The standard InChI is InChI=1S/C33H31N7O4/c1-34-32(41)22-5-11-26(12-6-22)37-33(42)36-25-9-3-21(4-10-25)30-38-28-19-23(24-8-14-29(43-2)35-20-24)7-13-27(28)31(39-30)40-15-17-44-18-16-40/h3-14,19-20H,15-18H2,1-2H3,(H,34,41)(H2,36,37,42). The number of hydrogen-bond acceptors (Lipinski definition) is 8. The summed E-state index contributed by atoms with van der Waals surface area (Å²) in [6, 6.07) is 23.6. The van der Waals surface area contributed by atoms with Crippen molar-refractivity contribution >= 4 is 40.0 Å². The fourth-order valence-corrected chi connectivity index (χ4v) is 4.95. The Morgan fingerprint density at radius 3 is 2.11 bits per heavy atom. The first kappa shape index (κ1) is 28.6. The second-order valence-corrected chi connectivity index (χ2v) is 10.1. The molecule has 2 aromatic heterocycles. The molecule has 3 N–H and O–H groups in total. The van der Waals surface area contributed by atoms with Crippen LogP contribution in [0, 0.1) is 0 Å². The lowest BCUT2D eigenvalue weighted by molar-refractivity contribution is 0.0963. The number of rotatable bonds is 7. The molecule has 3 aromatic carbocycles. The summed E-state index contributed by atoms with van der Waals surface area (Å²) in [5.41, 5.74) is 5.25. The lowest BCUT2D eigenvalue weighted by Crippen LogP contribution is -2.37. The Hall–Kier alpha value is -5.55. The SMILES string of the molecule is CNC(=O)c1ccc(NC(=O)Nc2ccc(-c3nc(N4CCOCC4)c4ccc(-c5ccc(OC)nc5)cc4n3)cc2)cc1. The molecule has 5 aromatic rings. The number of urea groups is 1. The minimum absolute atomic E-state index is 0.191. The van der Waals surface area contributed by atoms with Crippen LogP contribution in [0.1, 0.15) is 10.4 Å². The molecule has 1 saturated heterocycles. The van der Waals surface area contributed by atoms with Gasteiger partial charge in [0.15, 0.2) is 5.82 Å². The highest BCUT2D eigenvalue weighted by Crippen LogP contribution is 2.32. The zero-order valence-electron chi connectivity index (χ0n) is 24.3. The van der Waals surface area contributed by atoms with Crippen molar-refractivity contribution in [3.05, 3.63) is 90.6 Å². The predicted molar refractivity (Wildman–Crippen MR) is 170 cm³/mol. The summed E-state index contributed by atoms with van der Waals surface area (Å²) in [6.07, 6.45) is 1.78. The Kier molecular flexibility index (Phi) is 8.28. The lowest BCUT2D eigenvalue weighted by atomic mass is 10.0. The number of hydrogen-bond donors (Lipinski definition) is 3. The summed E-state index contributed by atoms with van der Waals surface area (Å²) in [7, 11) is 3.16. The summed E-state index contributed by atoms with van der Waals surface area (Å²) in [6.45, 7) is 2.75. The van der Waals surface area contributed by atoms with Crippen LogP contribution < -0.4 is 25.6 Å². The van der Waals surface area contributed by atoms with Crippen LogP contribution in [0.3, 0.4) is 0 Å². The third-order valence-corrected chi connectivity index (χ3v) is 7.30. The normalized spacial score (nSPS) is 12.9. The van der Waals surface area contributed by atoms with E-state index in [1.165, 1.54) is 0 Å². The average molecular weight is 590 g/mol. The molecule has 0 aliphatic carbocycles. The zero-order valence-corrected chi connectivity index (χ0v) is 24.3. The number of aromatic nitrogens is 3. The van der Waals surface area contributed by atoms with E-state index in [2.05, 4.69) is 44.0 Å². The third-order valence-electron chi connectivity index (χ3n) is 7.30. The van der Waals surface area contributed by atoms with Gasteiger partial charge in [-0.1, -0.05) is 6.07 Å². The number of carbonyl (C=O) groups is 2. The highest BCUT2D eigenvalue weighted by atomic mass is 16.5. The molecule has 0 atom stereocenters. The van der Waals surface area contributed by atoms with Crippen molar-refractivity contribution in [1.82, 2.24) is 20.3 Å². The van der Waals surface area contributed by atoms with Crippen molar-refractivity contribution in [2.45, 2.75) is 0 Å². The number of nitrogens with one attached hydrogen (secondary N) is 3. The van der Waals surface area contributed by atoms with Crippen molar-refractivity contribution in [3.63, 3.8) is 0 Å². The van der Waals surface area contributed by atoms with Crippen molar-refractivity contribution in [2.24, 2.45) is 0 Å². The van der Waals surface area contributed by atoms with Gasteiger partial charge in [-0.3, -0.25) is 4.79 Å². The van der Waals surface area contributed by atoms with Crippen LogP contribution in [0.4, 0.5) is 22.0 Å². The minimum Gasteiger partial charge on any atom is -0.481 e. The van der Waals surface area contributed by atoms with Gasteiger partial charge in [0.1, 0.15) is 5.82 Å². The number of fused-ring (bicyclic) bond motifs is 1. The first-order valence-corrected chi connectivity index (χ1v) is 14.2. The van der Waals surface area contributed by atoms with Gasteiger partial charge in [0.25, 0.3) is 5.91 Å². The topological polar surface area (TPSA) is 131 Å². The first-order valence-electron chi connectivity index (χ1n) is 14.2. The van der Waals surface area contributed by atoms with Crippen LogP contribution in [0.2, 0.25) is 0 Å². The van der Waals surface area contributed by atoms with E-state index in [9.17, 15) is 9.59 Å². The molecule has 3 heterocycles. The summed E-state index contributed by atoms with van der Waals surface area (Å²) >= 11 is 0. The first-order chi connectivity index (χ1) is 21.5. The van der Waals surface area contributed by atoms with Gasteiger partial charge in [-0.25, -0.2) is 19.7 Å². The number of ether oxygens (including phenoxy) is 2. The number of benzene rings is 3. The second kappa shape index (κ2) is 12.8. The van der Waals surface area contributed by atoms with Gasteiger partial charge in [-0.2, -0.15) is 0 Å². The number of anilines is 3.